The first-order chi connectivity index (χ1) is 7.11. The van der Waals surface area contributed by atoms with E-state index in [0.717, 1.165) is 18.0 Å². The standard InChI is InChI=1S/C14H29N/c1-12(2)8-5-6-11-15-13(3)9-7-10-14(15)4/h12-14H,5-11H2,1-4H3/t13-,14+. The highest BCUT2D eigenvalue weighted by atomic mass is 15.2. The lowest BCUT2D eigenvalue weighted by molar-refractivity contribution is 0.101. The van der Waals surface area contributed by atoms with Gasteiger partial charge in [-0.25, -0.2) is 0 Å². The molecule has 1 aliphatic rings. The Morgan fingerprint density at radius 2 is 1.67 bits per heavy atom. The van der Waals surface area contributed by atoms with Gasteiger partial charge in [-0.3, -0.25) is 4.90 Å². The topological polar surface area (TPSA) is 3.24 Å². The molecule has 15 heavy (non-hydrogen) atoms. The number of hydrogen-bond acceptors (Lipinski definition) is 1. The van der Waals surface area contributed by atoms with Gasteiger partial charge >= 0.3 is 0 Å². The molecular weight excluding hydrogens is 182 g/mol. The zero-order valence-electron chi connectivity index (χ0n) is 11.1. The summed E-state index contributed by atoms with van der Waals surface area (Å²) >= 11 is 0. The Morgan fingerprint density at radius 1 is 1.07 bits per heavy atom. The Bertz CT molecular complexity index is 155. The Hall–Kier alpha value is -0.0400. The number of unbranched alkanes of at least 4 members (excludes halogenated alkanes) is 1. The molecular formula is C14H29N. The van der Waals surface area contributed by atoms with E-state index in [-0.39, 0.29) is 0 Å². The Kier molecular flexibility index (Phi) is 5.66. The predicted octanol–water partition coefficient (Wildman–Crippen LogP) is 4.08. The summed E-state index contributed by atoms with van der Waals surface area (Å²) in [5.74, 6) is 0.876. The lowest BCUT2D eigenvalue weighted by Crippen LogP contribution is -2.44. The first-order valence-electron chi connectivity index (χ1n) is 6.87. The van der Waals surface area contributed by atoms with Crippen molar-refractivity contribution in [3.05, 3.63) is 0 Å². The molecule has 0 aromatic rings. The van der Waals surface area contributed by atoms with E-state index in [1.54, 1.807) is 0 Å². The van der Waals surface area contributed by atoms with Crippen molar-refractivity contribution in [3.8, 4) is 0 Å². The molecule has 0 saturated carbocycles. The fraction of sp³-hybridized carbons (Fsp3) is 1.00. The maximum absolute atomic E-state index is 2.73. The zero-order chi connectivity index (χ0) is 11.3. The van der Waals surface area contributed by atoms with Crippen LogP contribution < -0.4 is 0 Å². The van der Waals surface area contributed by atoms with Crippen LogP contribution in [0.3, 0.4) is 0 Å². The first-order valence-corrected chi connectivity index (χ1v) is 6.87. The van der Waals surface area contributed by atoms with E-state index in [0.29, 0.717) is 0 Å². The predicted molar refractivity (Wildman–Crippen MR) is 68.2 cm³/mol. The first kappa shape index (κ1) is 13.0. The van der Waals surface area contributed by atoms with E-state index in [1.807, 2.05) is 0 Å². The molecule has 1 saturated heterocycles. The fourth-order valence-electron chi connectivity index (χ4n) is 2.76. The van der Waals surface area contributed by atoms with Gasteiger partial charge in [-0.05, 0) is 45.6 Å². The highest BCUT2D eigenvalue weighted by Crippen LogP contribution is 2.23. The van der Waals surface area contributed by atoms with Crippen LogP contribution >= 0.6 is 0 Å². The van der Waals surface area contributed by atoms with Crippen LogP contribution in [0.1, 0.15) is 66.2 Å². The summed E-state index contributed by atoms with van der Waals surface area (Å²) in [5.41, 5.74) is 0. The minimum Gasteiger partial charge on any atom is -0.298 e. The molecule has 1 nitrogen and oxygen atoms in total. The number of nitrogens with zero attached hydrogens (tertiary/aromatic N) is 1. The third-order valence-electron chi connectivity index (χ3n) is 3.82. The molecule has 0 bridgehead atoms. The van der Waals surface area contributed by atoms with Crippen LogP contribution in [0, 0.1) is 5.92 Å². The molecule has 0 spiro atoms. The minimum atomic E-state index is 0.827. The molecule has 0 unspecified atom stereocenters. The van der Waals surface area contributed by atoms with E-state index >= 15 is 0 Å². The smallest absolute Gasteiger partial charge is 0.00697 e. The van der Waals surface area contributed by atoms with E-state index in [4.69, 9.17) is 0 Å². The van der Waals surface area contributed by atoms with Gasteiger partial charge in [0.1, 0.15) is 0 Å². The quantitative estimate of drug-likeness (QED) is 0.619. The number of likely N-dealkylation sites (tertiary alicyclic amines) is 1. The molecule has 1 heteroatoms. The van der Waals surface area contributed by atoms with Crippen LogP contribution in [-0.2, 0) is 0 Å². The van der Waals surface area contributed by atoms with Gasteiger partial charge in [-0.1, -0.05) is 33.1 Å². The van der Waals surface area contributed by atoms with Crippen molar-refractivity contribution in [1.82, 2.24) is 4.90 Å². The second kappa shape index (κ2) is 6.52. The van der Waals surface area contributed by atoms with Crippen molar-refractivity contribution in [2.24, 2.45) is 5.92 Å². The number of rotatable bonds is 5. The maximum Gasteiger partial charge on any atom is 0.00697 e. The normalized spacial score (nSPS) is 28.6. The molecule has 1 rings (SSSR count). The van der Waals surface area contributed by atoms with E-state index in [2.05, 4.69) is 32.6 Å². The molecule has 1 heterocycles. The number of hydrogen-bond donors (Lipinski definition) is 0. The monoisotopic (exact) mass is 211 g/mol. The van der Waals surface area contributed by atoms with Gasteiger partial charge in [0, 0.05) is 12.1 Å². The number of piperidine rings is 1. The van der Waals surface area contributed by atoms with Crippen LogP contribution in [-0.4, -0.2) is 23.5 Å². The average molecular weight is 211 g/mol. The van der Waals surface area contributed by atoms with Gasteiger partial charge in [0.05, 0.1) is 0 Å². The van der Waals surface area contributed by atoms with Crippen LogP contribution in [0.25, 0.3) is 0 Å². The van der Waals surface area contributed by atoms with Crippen molar-refractivity contribution in [2.75, 3.05) is 6.54 Å². The Morgan fingerprint density at radius 3 is 2.20 bits per heavy atom. The lowest BCUT2D eigenvalue weighted by Gasteiger charge is -2.39. The molecule has 0 amide bonds. The van der Waals surface area contributed by atoms with Crippen LogP contribution in [0.2, 0.25) is 0 Å². The highest BCUT2D eigenvalue weighted by molar-refractivity contribution is 4.79. The molecule has 0 radical (unpaired) electrons. The summed E-state index contributed by atoms with van der Waals surface area (Å²) in [5, 5.41) is 0. The van der Waals surface area contributed by atoms with Gasteiger partial charge in [-0.15, -0.1) is 0 Å². The SMILES string of the molecule is CC(C)CCCCN1[C@H](C)CCC[C@@H]1C. The minimum absolute atomic E-state index is 0.827. The third kappa shape index (κ3) is 4.55. The van der Waals surface area contributed by atoms with Crippen molar-refractivity contribution in [1.29, 1.82) is 0 Å². The lowest BCUT2D eigenvalue weighted by atomic mass is 9.97. The van der Waals surface area contributed by atoms with Crippen LogP contribution in [0.4, 0.5) is 0 Å². The van der Waals surface area contributed by atoms with E-state index in [1.165, 1.54) is 45.1 Å². The second-order valence-electron chi connectivity index (χ2n) is 5.76. The maximum atomic E-state index is 2.73. The summed E-state index contributed by atoms with van der Waals surface area (Å²) in [7, 11) is 0. The van der Waals surface area contributed by atoms with Gasteiger partial charge in [0.15, 0.2) is 0 Å². The average Bonchev–Trinajstić information content (AvgIpc) is 2.15. The summed E-state index contributed by atoms with van der Waals surface area (Å²) < 4.78 is 0. The molecule has 2 atom stereocenters. The molecule has 0 N–H and O–H groups in total. The molecule has 90 valence electrons. The Labute approximate surface area is 96.2 Å². The highest BCUT2D eigenvalue weighted by Gasteiger charge is 2.23. The van der Waals surface area contributed by atoms with Crippen LogP contribution in [0.15, 0.2) is 0 Å². The summed E-state index contributed by atoms with van der Waals surface area (Å²) in [6, 6.07) is 1.65. The molecule has 0 aromatic heterocycles. The van der Waals surface area contributed by atoms with Crippen molar-refractivity contribution < 1.29 is 0 Å². The third-order valence-corrected chi connectivity index (χ3v) is 3.82. The van der Waals surface area contributed by atoms with Crippen molar-refractivity contribution in [2.45, 2.75) is 78.3 Å². The van der Waals surface area contributed by atoms with Crippen molar-refractivity contribution in [3.63, 3.8) is 0 Å². The summed E-state index contributed by atoms with van der Waals surface area (Å²) in [6.07, 6.45) is 8.46. The van der Waals surface area contributed by atoms with E-state index < -0.39 is 0 Å². The largest absolute Gasteiger partial charge is 0.298 e. The Balaban J connectivity index is 2.17. The summed E-state index contributed by atoms with van der Waals surface area (Å²) in [4.78, 5) is 2.73. The zero-order valence-corrected chi connectivity index (χ0v) is 11.1. The van der Waals surface area contributed by atoms with Gasteiger partial charge in [0.25, 0.3) is 0 Å². The molecule has 1 fully saturated rings. The van der Waals surface area contributed by atoms with Crippen molar-refractivity contribution >= 4 is 0 Å². The second-order valence-corrected chi connectivity index (χ2v) is 5.76. The molecule has 0 aromatic carbocycles. The summed E-state index contributed by atoms with van der Waals surface area (Å²) in [6.45, 7) is 10.8. The van der Waals surface area contributed by atoms with Crippen LogP contribution in [0.5, 0.6) is 0 Å². The van der Waals surface area contributed by atoms with E-state index in [9.17, 15) is 0 Å². The van der Waals surface area contributed by atoms with Gasteiger partial charge in [-0.2, -0.15) is 0 Å². The van der Waals surface area contributed by atoms with Gasteiger partial charge in [0.2, 0.25) is 0 Å². The van der Waals surface area contributed by atoms with Gasteiger partial charge < -0.3 is 0 Å². The molecule has 1 aliphatic heterocycles. The molecule has 0 aliphatic carbocycles. The fourth-order valence-corrected chi connectivity index (χ4v) is 2.76.